The van der Waals surface area contributed by atoms with Crippen molar-refractivity contribution in [1.82, 2.24) is 4.57 Å². The summed E-state index contributed by atoms with van der Waals surface area (Å²) in [7, 11) is 0. The molecule has 0 atom stereocenters. The van der Waals surface area contributed by atoms with Gasteiger partial charge in [-0.15, -0.1) is 0 Å². The molecule has 1 aromatic heterocycles. The van der Waals surface area contributed by atoms with Gasteiger partial charge in [0, 0.05) is 24.4 Å². The number of ether oxygens (including phenoxy) is 1. The molecule has 3 nitrogen and oxygen atoms in total. The number of carbonyl (C=O) groups excluding carboxylic acids is 1. The molecular formula is C15H17NO2. The molecule has 0 unspecified atom stereocenters. The van der Waals surface area contributed by atoms with Gasteiger partial charge in [0.2, 0.25) is 0 Å². The minimum atomic E-state index is 0.178. The van der Waals surface area contributed by atoms with Crippen molar-refractivity contribution in [2.75, 3.05) is 6.61 Å². The molecule has 1 heterocycles. The van der Waals surface area contributed by atoms with Crippen molar-refractivity contribution in [2.24, 2.45) is 0 Å². The largest absolute Gasteiger partial charge is 0.492 e. The van der Waals surface area contributed by atoms with E-state index in [4.69, 9.17) is 4.74 Å². The Hall–Kier alpha value is -2.03. The van der Waals surface area contributed by atoms with E-state index in [0.29, 0.717) is 13.0 Å². The first-order valence-corrected chi connectivity index (χ1v) is 6.16. The number of hydrogen-bond acceptors (Lipinski definition) is 2. The third-order valence-corrected chi connectivity index (χ3v) is 2.75. The van der Waals surface area contributed by atoms with Crippen molar-refractivity contribution in [2.45, 2.75) is 19.9 Å². The van der Waals surface area contributed by atoms with E-state index in [9.17, 15) is 4.79 Å². The maximum atomic E-state index is 11.5. The first kappa shape index (κ1) is 12.4. The number of nitrogens with zero attached hydrogens (tertiary/aromatic N) is 1. The Labute approximate surface area is 107 Å². The Balaban J connectivity index is 1.84. The molecule has 0 aliphatic carbocycles. The Morgan fingerprint density at radius 2 is 2.00 bits per heavy atom. The monoisotopic (exact) mass is 243 g/mol. The fourth-order valence-corrected chi connectivity index (χ4v) is 1.73. The second-order valence-corrected chi connectivity index (χ2v) is 4.08. The summed E-state index contributed by atoms with van der Waals surface area (Å²) in [5.74, 6) is 1.05. The number of para-hydroxylation sites is 1. The molecule has 0 saturated carbocycles. The second-order valence-electron chi connectivity index (χ2n) is 4.08. The standard InChI is InChI=1S/C15H17NO2/c1-2-15(17)13-8-9-16(12-13)10-11-18-14-6-4-3-5-7-14/h3-9,12H,2,10-11H2,1H3. The average Bonchev–Trinajstić information content (AvgIpc) is 2.88. The molecule has 0 N–H and O–H groups in total. The number of carbonyl (C=O) groups is 1. The van der Waals surface area contributed by atoms with Crippen molar-refractivity contribution < 1.29 is 9.53 Å². The summed E-state index contributed by atoms with van der Waals surface area (Å²) in [6, 6.07) is 11.6. The molecule has 0 fully saturated rings. The summed E-state index contributed by atoms with van der Waals surface area (Å²) in [5, 5.41) is 0. The van der Waals surface area contributed by atoms with E-state index in [1.807, 2.05) is 60.3 Å². The fourth-order valence-electron chi connectivity index (χ4n) is 1.73. The fraction of sp³-hybridized carbons (Fsp3) is 0.267. The average molecular weight is 243 g/mol. The molecule has 0 bridgehead atoms. The van der Waals surface area contributed by atoms with Crippen LogP contribution in [-0.4, -0.2) is 17.0 Å². The lowest BCUT2D eigenvalue weighted by atomic mass is 10.2. The van der Waals surface area contributed by atoms with Gasteiger partial charge in [0.15, 0.2) is 5.78 Å². The van der Waals surface area contributed by atoms with Gasteiger partial charge in [0.05, 0.1) is 6.54 Å². The molecule has 0 aliphatic rings. The summed E-state index contributed by atoms with van der Waals surface area (Å²) < 4.78 is 7.58. The van der Waals surface area contributed by atoms with Gasteiger partial charge >= 0.3 is 0 Å². The zero-order valence-corrected chi connectivity index (χ0v) is 10.5. The summed E-state index contributed by atoms with van der Waals surface area (Å²) >= 11 is 0. The lowest BCUT2D eigenvalue weighted by molar-refractivity contribution is 0.0988. The van der Waals surface area contributed by atoms with E-state index in [1.54, 1.807) is 0 Å². The zero-order chi connectivity index (χ0) is 12.8. The number of aromatic nitrogens is 1. The van der Waals surface area contributed by atoms with E-state index in [-0.39, 0.29) is 5.78 Å². The first-order chi connectivity index (χ1) is 8.79. The van der Waals surface area contributed by atoms with Gasteiger partial charge in [-0.3, -0.25) is 4.79 Å². The third kappa shape index (κ3) is 3.23. The lowest BCUT2D eigenvalue weighted by Gasteiger charge is -2.06. The molecular weight excluding hydrogens is 226 g/mol. The summed E-state index contributed by atoms with van der Waals surface area (Å²) in [6.45, 7) is 3.21. The van der Waals surface area contributed by atoms with E-state index >= 15 is 0 Å². The van der Waals surface area contributed by atoms with Crippen LogP contribution in [0.2, 0.25) is 0 Å². The maximum Gasteiger partial charge on any atom is 0.164 e. The SMILES string of the molecule is CCC(=O)c1ccn(CCOc2ccccc2)c1. The third-order valence-electron chi connectivity index (χ3n) is 2.75. The summed E-state index contributed by atoms with van der Waals surface area (Å²) in [5.41, 5.74) is 0.775. The molecule has 1 aromatic carbocycles. The van der Waals surface area contributed by atoms with Gasteiger partial charge < -0.3 is 9.30 Å². The molecule has 94 valence electrons. The summed E-state index contributed by atoms with van der Waals surface area (Å²) in [6.07, 6.45) is 4.34. The highest BCUT2D eigenvalue weighted by Gasteiger charge is 2.04. The maximum absolute atomic E-state index is 11.5. The van der Waals surface area contributed by atoms with Crippen LogP contribution in [0.3, 0.4) is 0 Å². The van der Waals surface area contributed by atoms with Crippen LogP contribution in [0.1, 0.15) is 23.7 Å². The van der Waals surface area contributed by atoms with Crippen LogP contribution in [0.5, 0.6) is 5.75 Å². The van der Waals surface area contributed by atoms with Crippen LogP contribution in [0.25, 0.3) is 0 Å². The van der Waals surface area contributed by atoms with Crippen LogP contribution in [0.15, 0.2) is 48.8 Å². The van der Waals surface area contributed by atoms with Crippen LogP contribution in [-0.2, 0) is 6.54 Å². The van der Waals surface area contributed by atoms with Crippen LogP contribution < -0.4 is 4.74 Å². The Morgan fingerprint density at radius 1 is 1.22 bits per heavy atom. The predicted octanol–water partition coefficient (Wildman–Crippen LogP) is 3.16. The van der Waals surface area contributed by atoms with Crippen LogP contribution >= 0.6 is 0 Å². The molecule has 0 spiro atoms. The van der Waals surface area contributed by atoms with Crippen molar-refractivity contribution in [1.29, 1.82) is 0 Å². The molecule has 0 radical (unpaired) electrons. The Bertz CT molecular complexity index is 502. The van der Waals surface area contributed by atoms with Gasteiger partial charge in [-0.1, -0.05) is 25.1 Å². The van der Waals surface area contributed by atoms with E-state index in [2.05, 4.69) is 0 Å². The van der Waals surface area contributed by atoms with Gasteiger partial charge in [0.25, 0.3) is 0 Å². The number of ketones is 1. The highest BCUT2D eigenvalue weighted by molar-refractivity contribution is 5.95. The van der Waals surface area contributed by atoms with Crippen molar-refractivity contribution in [3.05, 3.63) is 54.4 Å². The molecule has 2 aromatic rings. The number of hydrogen-bond donors (Lipinski definition) is 0. The topological polar surface area (TPSA) is 31.2 Å². The minimum absolute atomic E-state index is 0.178. The Kier molecular flexibility index (Phi) is 4.18. The van der Waals surface area contributed by atoms with E-state index in [1.165, 1.54) is 0 Å². The van der Waals surface area contributed by atoms with E-state index in [0.717, 1.165) is 17.9 Å². The van der Waals surface area contributed by atoms with Crippen LogP contribution in [0.4, 0.5) is 0 Å². The number of benzene rings is 1. The van der Waals surface area contributed by atoms with Crippen LogP contribution in [0, 0.1) is 0 Å². The van der Waals surface area contributed by atoms with Gasteiger partial charge in [-0.25, -0.2) is 0 Å². The molecule has 0 amide bonds. The molecule has 0 aliphatic heterocycles. The number of rotatable bonds is 6. The highest BCUT2D eigenvalue weighted by Crippen LogP contribution is 2.09. The molecule has 18 heavy (non-hydrogen) atoms. The van der Waals surface area contributed by atoms with Crippen molar-refractivity contribution in [3.8, 4) is 5.75 Å². The Morgan fingerprint density at radius 3 is 2.72 bits per heavy atom. The smallest absolute Gasteiger partial charge is 0.164 e. The van der Waals surface area contributed by atoms with Gasteiger partial charge in [-0.2, -0.15) is 0 Å². The van der Waals surface area contributed by atoms with Crippen molar-refractivity contribution >= 4 is 5.78 Å². The highest BCUT2D eigenvalue weighted by atomic mass is 16.5. The first-order valence-electron chi connectivity index (χ1n) is 6.16. The molecule has 0 saturated heterocycles. The minimum Gasteiger partial charge on any atom is -0.492 e. The van der Waals surface area contributed by atoms with Crippen molar-refractivity contribution in [3.63, 3.8) is 0 Å². The zero-order valence-electron chi connectivity index (χ0n) is 10.5. The molecule has 3 heteroatoms. The van der Waals surface area contributed by atoms with Gasteiger partial charge in [0.1, 0.15) is 12.4 Å². The lowest BCUT2D eigenvalue weighted by Crippen LogP contribution is -2.06. The van der Waals surface area contributed by atoms with E-state index < -0.39 is 0 Å². The number of Topliss-reactive ketones (excluding diaryl/α,β-unsaturated/α-hetero) is 1. The molecule has 2 rings (SSSR count). The second kappa shape index (κ2) is 6.05. The summed E-state index contributed by atoms with van der Waals surface area (Å²) in [4.78, 5) is 11.5. The predicted molar refractivity (Wildman–Crippen MR) is 71.0 cm³/mol. The van der Waals surface area contributed by atoms with Gasteiger partial charge in [-0.05, 0) is 18.2 Å². The normalized spacial score (nSPS) is 10.3. The quantitative estimate of drug-likeness (QED) is 0.730.